The molecule has 0 aliphatic carbocycles. The van der Waals surface area contributed by atoms with Gasteiger partial charge in [-0.2, -0.15) is 0 Å². The summed E-state index contributed by atoms with van der Waals surface area (Å²) in [6.07, 6.45) is 72.1. The lowest BCUT2D eigenvalue weighted by molar-refractivity contribution is -0.167. The van der Waals surface area contributed by atoms with E-state index in [-0.39, 0.29) is 31.1 Å². The first-order valence-electron chi connectivity index (χ1n) is 29.8. The molecular weight excluding hydrogens is 853 g/mol. The summed E-state index contributed by atoms with van der Waals surface area (Å²) < 4.78 is 16.9. The number of hydrogen-bond donors (Lipinski definition) is 0. The number of carbonyl (C=O) groups excluding carboxylic acids is 3. The van der Waals surface area contributed by atoms with Crippen molar-refractivity contribution in [2.45, 2.75) is 309 Å². The first-order valence-corrected chi connectivity index (χ1v) is 29.8. The minimum absolute atomic E-state index is 0.0864. The first-order chi connectivity index (χ1) is 34.0. The average Bonchev–Trinajstić information content (AvgIpc) is 3.35. The van der Waals surface area contributed by atoms with Crippen LogP contribution in [0.25, 0.3) is 0 Å². The lowest BCUT2D eigenvalue weighted by Crippen LogP contribution is -2.30. The van der Waals surface area contributed by atoms with Crippen molar-refractivity contribution in [3.63, 3.8) is 0 Å². The van der Waals surface area contributed by atoms with Gasteiger partial charge in [-0.1, -0.05) is 255 Å². The van der Waals surface area contributed by atoms with Gasteiger partial charge in [-0.3, -0.25) is 14.4 Å². The molecule has 0 radical (unpaired) electrons. The Morgan fingerprint density at radius 3 is 0.884 bits per heavy atom. The highest BCUT2D eigenvalue weighted by atomic mass is 16.6. The lowest BCUT2D eigenvalue weighted by atomic mass is 10.0. The number of esters is 3. The predicted octanol–water partition coefficient (Wildman–Crippen LogP) is 20.0. The molecule has 0 aromatic carbocycles. The first kappa shape index (κ1) is 66.1. The monoisotopic (exact) mass is 965 g/mol. The average molecular weight is 966 g/mol. The van der Waals surface area contributed by atoms with E-state index in [4.69, 9.17) is 14.2 Å². The molecule has 0 aromatic heterocycles. The van der Waals surface area contributed by atoms with Crippen LogP contribution < -0.4 is 0 Å². The van der Waals surface area contributed by atoms with E-state index in [1.54, 1.807) is 0 Å². The van der Waals surface area contributed by atoms with Crippen molar-refractivity contribution in [2.75, 3.05) is 13.2 Å². The van der Waals surface area contributed by atoms with Gasteiger partial charge < -0.3 is 14.2 Å². The molecule has 0 saturated heterocycles. The Kier molecular flexibility index (Phi) is 55.3. The van der Waals surface area contributed by atoms with Crippen molar-refractivity contribution in [2.24, 2.45) is 0 Å². The Morgan fingerprint density at radius 1 is 0.290 bits per heavy atom. The third-order valence-corrected chi connectivity index (χ3v) is 13.0. The van der Waals surface area contributed by atoms with Crippen molar-refractivity contribution in [1.82, 2.24) is 0 Å². The van der Waals surface area contributed by atoms with Crippen molar-refractivity contribution >= 4 is 17.9 Å². The SMILES string of the molecule is CCCCC/C=C\C/C=C\C/C=C\C/C=C\CCCCCC(=O)OC[C@H](COC(=O)CCCCCCC/C=C\CCCCCC)OC(=O)CCCCCCCCCCCCCCCCCCCCC. The highest BCUT2D eigenvalue weighted by Crippen LogP contribution is 2.16. The molecule has 1 atom stereocenters. The number of unbranched alkanes of at least 4 members (excludes halogenated alkanes) is 33. The largest absolute Gasteiger partial charge is 0.462 e. The molecule has 0 amide bonds. The van der Waals surface area contributed by atoms with Gasteiger partial charge in [-0.25, -0.2) is 0 Å². The van der Waals surface area contributed by atoms with E-state index in [1.807, 2.05) is 0 Å². The quantitative estimate of drug-likeness (QED) is 0.0262. The molecule has 0 heterocycles. The van der Waals surface area contributed by atoms with Crippen LogP contribution in [0.2, 0.25) is 0 Å². The van der Waals surface area contributed by atoms with Crippen LogP contribution in [0, 0.1) is 0 Å². The van der Waals surface area contributed by atoms with E-state index >= 15 is 0 Å². The van der Waals surface area contributed by atoms with Gasteiger partial charge in [-0.05, 0) is 89.9 Å². The molecule has 0 unspecified atom stereocenters. The zero-order valence-electron chi connectivity index (χ0n) is 45.8. The molecule has 0 aliphatic heterocycles. The Bertz CT molecular complexity index is 1250. The minimum atomic E-state index is -0.789. The van der Waals surface area contributed by atoms with Crippen LogP contribution in [-0.4, -0.2) is 37.2 Å². The third kappa shape index (κ3) is 55.9. The van der Waals surface area contributed by atoms with Gasteiger partial charge in [0, 0.05) is 19.3 Å². The molecular formula is C63H112O6. The van der Waals surface area contributed by atoms with Crippen molar-refractivity contribution < 1.29 is 28.6 Å². The van der Waals surface area contributed by atoms with Crippen molar-refractivity contribution in [1.29, 1.82) is 0 Å². The van der Waals surface area contributed by atoms with Gasteiger partial charge in [0.1, 0.15) is 13.2 Å². The summed E-state index contributed by atoms with van der Waals surface area (Å²) in [7, 11) is 0. The van der Waals surface area contributed by atoms with Crippen LogP contribution in [0.15, 0.2) is 60.8 Å². The zero-order chi connectivity index (χ0) is 50.0. The summed E-state index contributed by atoms with van der Waals surface area (Å²) in [4.78, 5) is 38.2. The predicted molar refractivity (Wildman–Crippen MR) is 298 cm³/mol. The molecule has 0 saturated carbocycles. The molecule has 0 bridgehead atoms. The molecule has 0 fully saturated rings. The Labute approximate surface area is 428 Å². The third-order valence-electron chi connectivity index (χ3n) is 13.0. The van der Waals surface area contributed by atoms with E-state index in [2.05, 4.69) is 81.5 Å². The second-order valence-electron chi connectivity index (χ2n) is 19.9. The van der Waals surface area contributed by atoms with E-state index in [9.17, 15) is 14.4 Å². The van der Waals surface area contributed by atoms with E-state index < -0.39 is 6.10 Å². The number of ether oxygens (including phenoxy) is 3. The highest BCUT2D eigenvalue weighted by molar-refractivity contribution is 5.71. The standard InChI is InChI=1S/C63H112O6/c1-4-7-10-13-16-19-22-25-27-29-31-33-35-38-41-44-47-50-53-56-62(65)68-59-60(58-67-61(64)55-52-49-46-43-40-37-24-21-18-15-12-9-6-3)69-63(66)57-54-51-48-45-42-39-36-34-32-30-28-26-23-20-17-14-11-8-5-2/h16,19,21,24-25,27,31,33,38,41,60H,4-15,17-18,20,22-23,26,28-30,32,34-37,39-40,42-59H2,1-3H3/b19-16-,24-21-,27-25-,33-31-,41-38-/t60-/m0/s1. The summed E-state index contributed by atoms with van der Waals surface area (Å²) in [6.45, 7) is 6.60. The smallest absolute Gasteiger partial charge is 0.306 e. The fourth-order valence-electron chi connectivity index (χ4n) is 8.48. The molecule has 6 nitrogen and oxygen atoms in total. The maximum Gasteiger partial charge on any atom is 0.306 e. The van der Waals surface area contributed by atoms with E-state index in [0.717, 1.165) is 89.9 Å². The topological polar surface area (TPSA) is 78.9 Å². The fraction of sp³-hybridized carbons (Fsp3) is 0.794. The van der Waals surface area contributed by atoms with Crippen molar-refractivity contribution in [3.8, 4) is 0 Å². The normalized spacial score (nSPS) is 12.4. The second kappa shape index (κ2) is 57.7. The molecule has 69 heavy (non-hydrogen) atoms. The lowest BCUT2D eigenvalue weighted by Gasteiger charge is -2.18. The van der Waals surface area contributed by atoms with Crippen LogP contribution in [-0.2, 0) is 28.6 Å². The second-order valence-corrected chi connectivity index (χ2v) is 19.9. The van der Waals surface area contributed by atoms with Gasteiger partial charge in [0.25, 0.3) is 0 Å². The summed E-state index contributed by atoms with van der Waals surface area (Å²) >= 11 is 0. The Hall–Kier alpha value is -2.89. The van der Waals surface area contributed by atoms with Crippen LogP contribution in [0.5, 0.6) is 0 Å². The van der Waals surface area contributed by atoms with E-state index in [0.29, 0.717) is 19.3 Å². The summed E-state index contributed by atoms with van der Waals surface area (Å²) in [5.41, 5.74) is 0. The van der Waals surface area contributed by atoms with Gasteiger partial charge in [0.05, 0.1) is 0 Å². The molecule has 6 heteroatoms. The summed E-state index contributed by atoms with van der Waals surface area (Å²) in [5.74, 6) is -0.912. The summed E-state index contributed by atoms with van der Waals surface area (Å²) in [6, 6.07) is 0. The number of allylic oxidation sites excluding steroid dienone is 10. The van der Waals surface area contributed by atoms with Crippen LogP contribution >= 0.6 is 0 Å². The Morgan fingerprint density at radius 2 is 0.522 bits per heavy atom. The maximum atomic E-state index is 12.9. The Balaban J connectivity index is 4.40. The molecule has 0 aliphatic rings. The minimum Gasteiger partial charge on any atom is -0.462 e. The highest BCUT2D eigenvalue weighted by Gasteiger charge is 2.19. The number of rotatable bonds is 54. The summed E-state index contributed by atoms with van der Waals surface area (Å²) in [5, 5.41) is 0. The van der Waals surface area contributed by atoms with E-state index in [1.165, 1.54) is 173 Å². The van der Waals surface area contributed by atoms with Gasteiger partial charge in [0.2, 0.25) is 0 Å². The van der Waals surface area contributed by atoms with Crippen LogP contribution in [0.4, 0.5) is 0 Å². The van der Waals surface area contributed by atoms with Crippen LogP contribution in [0.3, 0.4) is 0 Å². The zero-order valence-corrected chi connectivity index (χ0v) is 45.8. The number of hydrogen-bond acceptors (Lipinski definition) is 6. The molecule has 0 rings (SSSR count). The molecule has 0 spiro atoms. The van der Waals surface area contributed by atoms with Gasteiger partial charge in [0.15, 0.2) is 6.10 Å². The molecule has 0 N–H and O–H groups in total. The fourth-order valence-corrected chi connectivity index (χ4v) is 8.48. The molecule has 0 aromatic rings. The van der Waals surface area contributed by atoms with Crippen molar-refractivity contribution in [3.05, 3.63) is 60.8 Å². The van der Waals surface area contributed by atoms with Gasteiger partial charge >= 0.3 is 17.9 Å². The number of carbonyl (C=O) groups is 3. The van der Waals surface area contributed by atoms with Crippen LogP contribution in [0.1, 0.15) is 303 Å². The molecule has 400 valence electrons. The maximum absolute atomic E-state index is 12.9. The van der Waals surface area contributed by atoms with Gasteiger partial charge in [-0.15, -0.1) is 0 Å².